The molecule has 0 saturated carbocycles. The van der Waals surface area contributed by atoms with E-state index in [-0.39, 0.29) is 5.82 Å². The van der Waals surface area contributed by atoms with E-state index in [1.807, 2.05) is 7.05 Å². The van der Waals surface area contributed by atoms with Crippen molar-refractivity contribution in [2.24, 2.45) is 0 Å². The summed E-state index contributed by atoms with van der Waals surface area (Å²) in [7, 11) is 1.84. The van der Waals surface area contributed by atoms with Gasteiger partial charge in [0, 0.05) is 25.2 Å². The maximum absolute atomic E-state index is 13.1. The molecule has 0 unspecified atom stereocenters. The summed E-state index contributed by atoms with van der Waals surface area (Å²) in [6.07, 6.45) is 0. The molecule has 0 radical (unpaired) electrons. The van der Waals surface area contributed by atoms with Gasteiger partial charge in [-0.15, -0.1) is 0 Å². The molecule has 78 valence electrons. The molecule has 0 aliphatic carbocycles. The molecular weight excluding hydrogens is 186 g/mol. The van der Waals surface area contributed by atoms with Gasteiger partial charge in [0.1, 0.15) is 11.6 Å². The Morgan fingerprint density at radius 2 is 2.00 bits per heavy atom. The third-order valence-electron chi connectivity index (χ3n) is 1.87. The summed E-state index contributed by atoms with van der Waals surface area (Å²) >= 11 is 0. The number of halogens is 2. The Morgan fingerprint density at radius 1 is 1.21 bits per heavy atom. The van der Waals surface area contributed by atoms with Crippen LogP contribution in [0.3, 0.4) is 0 Å². The third-order valence-corrected chi connectivity index (χ3v) is 1.87. The molecule has 1 rings (SSSR count). The van der Waals surface area contributed by atoms with Gasteiger partial charge in [-0.05, 0) is 25.2 Å². The van der Waals surface area contributed by atoms with E-state index in [0.717, 1.165) is 25.2 Å². The Balaban J connectivity index is 2.45. The average Bonchev–Trinajstić information content (AvgIpc) is 2.18. The van der Waals surface area contributed by atoms with E-state index in [4.69, 9.17) is 0 Å². The third kappa shape index (κ3) is 3.40. The van der Waals surface area contributed by atoms with E-state index in [1.54, 1.807) is 0 Å². The first kappa shape index (κ1) is 11.1. The second kappa shape index (κ2) is 5.67. The lowest BCUT2D eigenvalue weighted by Gasteiger charge is -2.05. The molecule has 0 aromatic heterocycles. The van der Waals surface area contributed by atoms with Crippen molar-refractivity contribution in [1.82, 2.24) is 10.6 Å². The quantitative estimate of drug-likeness (QED) is 0.699. The van der Waals surface area contributed by atoms with Gasteiger partial charge < -0.3 is 10.6 Å². The number of rotatable bonds is 5. The predicted molar refractivity (Wildman–Crippen MR) is 52.0 cm³/mol. The summed E-state index contributed by atoms with van der Waals surface area (Å²) in [5.41, 5.74) is 0.362. The van der Waals surface area contributed by atoms with Crippen LogP contribution in [0.4, 0.5) is 8.78 Å². The highest BCUT2D eigenvalue weighted by atomic mass is 19.1. The van der Waals surface area contributed by atoms with Crippen LogP contribution in [-0.4, -0.2) is 20.1 Å². The largest absolute Gasteiger partial charge is 0.318 e. The minimum Gasteiger partial charge on any atom is -0.318 e. The van der Waals surface area contributed by atoms with E-state index >= 15 is 0 Å². The lowest BCUT2D eigenvalue weighted by molar-refractivity contribution is 0.566. The van der Waals surface area contributed by atoms with Crippen molar-refractivity contribution in [2.75, 3.05) is 20.1 Å². The van der Waals surface area contributed by atoms with Gasteiger partial charge in [-0.1, -0.05) is 0 Å². The zero-order valence-corrected chi connectivity index (χ0v) is 8.11. The van der Waals surface area contributed by atoms with E-state index < -0.39 is 5.82 Å². The number of hydrogen-bond acceptors (Lipinski definition) is 2. The average molecular weight is 200 g/mol. The second-order valence-corrected chi connectivity index (χ2v) is 3.02. The van der Waals surface area contributed by atoms with Crippen LogP contribution in [-0.2, 0) is 6.54 Å². The first-order valence-electron chi connectivity index (χ1n) is 4.53. The Morgan fingerprint density at radius 3 is 2.71 bits per heavy atom. The summed E-state index contributed by atoms with van der Waals surface area (Å²) in [6, 6.07) is 3.47. The Hall–Kier alpha value is -1.00. The van der Waals surface area contributed by atoms with Crippen LogP contribution in [0, 0.1) is 11.6 Å². The predicted octanol–water partition coefficient (Wildman–Crippen LogP) is 1.27. The molecule has 0 saturated heterocycles. The summed E-state index contributed by atoms with van der Waals surface area (Å²) in [6.45, 7) is 1.88. The minimum absolute atomic E-state index is 0.352. The molecule has 0 bridgehead atoms. The zero-order chi connectivity index (χ0) is 10.4. The molecule has 4 heteroatoms. The highest BCUT2D eigenvalue weighted by Gasteiger charge is 2.02. The van der Waals surface area contributed by atoms with Crippen molar-refractivity contribution in [2.45, 2.75) is 6.54 Å². The van der Waals surface area contributed by atoms with Crippen LogP contribution in [0.5, 0.6) is 0 Å². The summed E-state index contributed by atoms with van der Waals surface area (Å²) in [5, 5.41) is 5.95. The van der Waals surface area contributed by atoms with Crippen molar-refractivity contribution in [3.63, 3.8) is 0 Å². The maximum Gasteiger partial charge on any atom is 0.127 e. The van der Waals surface area contributed by atoms with Crippen molar-refractivity contribution in [3.8, 4) is 0 Å². The molecule has 0 spiro atoms. The van der Waals surface area contributed by atoms with Crippen LogP contribution in [0.2, 0.25) is 0 Å². The van der Waals surface area contributed by atoms with Crippen LogP contribution in [0.25, 0.3) is 0 Å². The van der Waals surface area contributed by atoms with Crippen molar-refractivity contribution in [3.05, 3.63) is 35.4 Å². The number of likely N-dealkylation sites (N-methyl/N-ethyl adjacent to an activating group) is 1. The zero-order valence-electron chi connectivity index (χ0n) is 8.11. The molecule has 0 aliphatic heterocycles. The van der Waals surface area contributed by atoms with E-state index in [9.17, 15) is 8.78 Å². The fourth-order valence-corrected chi connectivity index (χ4v) is 1.12. The normalized spacial score (nSPS) is 10.5. The Bertz CT molecular complexity index is 289. The van der Waals surface area contributed by atoms with Gasteiger partial charge in [0.2, 0.25) is 0 Å². The molecule has 0 aliphatic rings. The molecule has 0 amide bonds. The molecule has 0 atom stereocenters. The van der Waals surface area contributed by atoms with Crippen LogP contribution in [0.15, 0.2) is 18.2 Å². The smallest absolute Gasteiger partial charge is 0.127 e. The standard InChI is InChI=1S/C10H14F2N2/c1-13-4-5-14-7-8-6-9(11)2-3-10(8)12/h2-3,6,13-14H,4-5,7H2,1H3. The highest BCUT2D eigenvalue weighted by Crippen LogP contribution is 2.08. The lowest BCUT2D eigenvalue weighted by atomic mass is 10.2. The first-order valence-corrected chi connectivity index (χ1v) is 4.53. The monoisotopic (exact) mass is 200 g/mol. The SMILES string of the molecule is CNCCNCc1cc(F)ccc1F. The molecule has 0 fully saturated rings. The summed E-state index contributed by atoms with van der Waals surface area (Å²) in [5.74, 6) is -0.778. The van der Waals surface area contributed by atoms with Crippen molar-refractivity contribution >= 4 is 0 Å². The van der Waals surface area contributed by atoms with Crippen LogP contribution in [0.1, 0.15) is 5.56 Å². The number of benzene rings is 1. The lowest BCUT2D eigenvalue weighted by Crippen LogP contribution is -2.24. The molecule has 1 aromatic rings. The Kier molecular flexibility index (Phi) is 4.49. The summed E-state index contributed by atoms with van der Waals surface area (Å²) in [4.78, 5) is 0. The second-order valence-electron chi connectivity index (χ2n) is 3.02. The van der Waals surface area contributed by atoms with E-state index in [0.29, 0.717) is 12.1 Å². The first-order chi connectivity index (χ1) is 6.74. The fourth-order valence-electron chi connectivity index (χ4n) is 1.12. The molecule has 1 aromatic carbocycles. The maximum atomic E-state index is 13.1. The van der Waals surface area contributed by atoms with E-state index in [2.05, 4.69) is 10.6 Å². The van der Waals surface area contributed by atoms with Gasteiger partial charge in [0.05, 0.1) is 0 Å². The Labute approximate surface area is 82.3 Å². The fraction of sp³-hybridized carbons (Fsp3) is 0.400. The van der Waals surface area contributed by atoms with Gasteiger partial charge >= 0.3 is 0 Å². The van der Waals surface area contributed by atoms with Gasteiger partial charge in [-0.3, -0.25) is 0 Å². The number of nitrogens with one attached hydrogen (secondary N) is 2. The molecular formula is C10H14F2N2. The van der Waals surface area contributed by atoms with Gasteiger partial charge in [0.25, 0.3) is 0 Å². The van der Waals surface area contributed by atoms with Gasteiger partial charge in [-0.2, -0.15) is 0 Å². The topological polar surface area (TPSA) is 24.1 Å². The molecule has 2 nitrogen and oxygen atoms in total. The number of hydrogen-bond donors (Lipinski definition) is 2. The van der Waals surface area contributed by atoms with Gasteiger partial charge in [-0.25, -0.2) is 8.78 Å². The van der Waals surface area contributed by atoms with Crippen molar-refractivity contribution < 1.29 is 8.78 Å². The summed E-state index contributed by atoms with van der Waals surface area (Å²) < 4.78 is 25.8. The molecule has 2 N–H and O–H groups in total. The van der Waals surface area contributed by atoms with Crippen molar-refractivity contribution in [1.29, 1.82) is 0 Å². The minimum atomic E-state index is -0.406. The van der Waals surface area contributed by atoms with E-state index in [1.165, 1.54) is 6.07 Å². The van der Waals surface area contributed by atoms with Gasteiger partial charge in [0.15, 0.2) is 0 Å². The molecule has 0 heterocycles. The van der Waals surface area contributed by atoms with Crippen LogP contribution < -0.4 is 10.6 Å². The molecule has 14 heavy (non-hydrogen) atoms. The highest BCUT2D eigenvalue weighted by molar-refractivity contribution is 5.18. The van der Waals surface area contributed by atoms with Crippen LogP contribution >= 0.6 is 0 Å².